The van der Waals surface area contributed by atoms with Gasteiger partial charge < -0.3 is 10.2 Å². The van der Waals surface area contributed by atoms with Gasteiger partial charge in [-0.2, -0.15) is 0 Å². The summed E-state index contributed by atoms with van der Waals surface area (Å²) >= 11 is 0. The maximum atomic E-state index is 13.2. The molecule has 4 rings (SSSR count). The molecular weight excluding hydrogens is 357 g/mol. The van der Waals surface area contributed by atoms with Gasteiger partial charge in [0, 0.05) is 5.56 Å². The van der Waals surface area contributed by atoms with Crippen molar-refractivity contribution >= 4 is 11.9 Å². The van der Waals surface area contributed by atoms with Crippen LogP contribution in [0.2, 0.25) is 0 Å². The molecule has 2 atom stereocenters. The maximum absolute atomic E-state index is 13.2. The highest BCUT2D eigenvalue weighted by molar-refractivity contribution is 6.07. The zero-order chi connectivity index (χ0) is 19.9. The largest absolute Gasteiger partial charge is 0.329 e. The molecule has 1 fully saturated rings. The van der Waals surface area contributed by atoms with E-state index in [4.69, 9.17) is 0 Å². The first-order valence-electron chi connectivity index (χ1n) is 9.69. The first kappa shape index (κ1) is 18.6. The van der Waals surface area contributed by atoms with Crippen LogP contribution in [-0.4, -0.2) is 30.6 Å². The number of halogens is 1. The molecule has 146 valence electrons. The Morgan fingerprint density at radius 3 is 2.57 bits per heavy atom. The SMILES string of the molecule is C[NH+](Cc1ccc(F)cc1)CN1C(=O)N[C@@](C)(c2ccc3c(c2)CCC3)C1=O. The van der Waals surface area contributed by atoms with E-state index in [1.165, 1.54) is 28.2 Å². The Hall–Kier alpha value is -2.73. The number of rotatable bonds is 5. The molecule has 0 saturated carbocycles. The smallest absolute Gasteiger partial charge is 0.319 e. The second kappa shape index (κ2) is 7.02. The lowest BCUT2D eigenvalue weighted by Crippen LogP contribution is -3.09. The predicted octanol–water partition coefficient (Wildman–Crippen LogP) is 1.75. The van der Waals surface area contributed by atoms with Crippen LogP contribution >= 0.6 is 0 Å². The lowest BCUT2D eigenvalue weighted by molar-refractivity contribution is -0.901. The molecule has 1 aliphatic carbocycles. The minimum absolute atomic E-state index is 0.228. The fourth-order valence-electron chi connectivity index (χ4n) is 4.20. The highest BCUT2D eigenvalue weighted by atomic mass is 19.1. The number of fused-ring (bicyclic) bond motifs is 1. The minimum Gasteiger partial charge on any atom is -0.319 e. The van der Waals surface area contributed by atoms with E-state index in [0.29, 0.717) is 6.54 Å². The number of amides is 3. The summed E-state index contributed by atoms with van der Waals surface area (Å²) in [5.74, 6) is -0.505. The highest BCUT2D eigenvalue weighted by Gasteiger charge is 2.50. The molecule has 0 bridgehead atoms. The van der Waals surface area contributed by atoms with E-state index in [9.17, 15) is 14.0 Å². The van der Waals surface area contributed by atoms with Crippen molar-refractivity contribution in [1.29, 1.82) is 0 Å². The third-order valence-electron chi connectivity index (χ3n) is 5.80. The Balaban J connectivity index is 1.49. The van der Waals surface area contributed by atoms with Crippen LogP contribution < -0.4 is 10.2 Å². The Morgan fingerprint density at radius 1 is 1.11 bits per heavy atom. The molecule has 2 aromatic carbocycles. The van der Waals surface area contributed by atoms with E-state index in [2.05, 4.69) is 17.4 Å². The van der Waals surface area contributed by atoms with Crippen LogP contribution in [0, 0.1) is 5.82 Å². The Morgan fingerprint density at radius 2 is 1.82 bits per heavy atom. The third kappa shape index (κ3) is 3.29. The first-order chi connectivity index (χ1) is 13.4. The fraction of sp³-hybridized carbons (Fsp3) is 0.364. The monoisotopic (exact) mass is 382 g/mol. The molecular formula is C22H25FN3O2+. The van der Waals surface area contributed by atoms with Crippen molar-refractivity contribution in [1.82, 2.24) is 10.2 Å². The fourth-order valence-corrected chi connectivity index (χ4v) is 4.20. The van der Waals surface area contributed by atoms with Crippen LogP contribution in [0.25, 0.3) is 0 Å². The Bertz CT molecular complexity index is 928. The van der Waals surface area contributed by atoms with Crippen LogP contribution in [0.1, 0.15) is 35.6 Å². The number of imide groups is 1. The summed E-state index contributed by atoms with van der Waals surface area (Å²) in [5, 5.41) is 2.89. The molecule has 2 aromatic rings. The van der Waals surface area contributed by atoms with Gasteiger partial charge in [0.2, 0.25) is 0 Å². The second-order valence-electron chi connectivity index (χ2n) is 8.04. The van der Waals surface area contributed by atoms with Crippen molar-refractivity contribution in [2.75, 3.05) is 13.7 Å². The van der Waals surface area contributed by atoms with E-state index in [1.54, 1.807) is 19.1 Å². The molecule has 2 N–H and O–H groups in total. The van der Waals surface area contributed by atoms with E-state index in [-0.39, 0.29) is 24.4 Å². The quantitative estimate of drug-likeness (QED) is 0.775. The lowest BCUT2D eigenvalue weighted by Gasteiger charge is -2.24. The van der Waals surface area contributed by atoms with E-state index in [0.717, 1.165) is 35.3 Å². The average molecular weight is 382 g/mol. The Kier molecular flexibility index (Phi) is 4.67. The summed E-state index contributed by atoms with van der Waals surface area (Å²) in [4.78, 5) is 28.0. The Labute approximate surface area is 164 Å². The van der Waals surface area contributed by atoms with Crippen LogP contribution in [0.4, 0.5) is 9.18 Å². The molecule has 0 aromatic heterocycles. The standard InChI is InChI=1S/C22H24FN3O2/c1-22(18-9-8-16-4-3-5-17(16)12-18)20(27)26(21(28)24-22)14-25(2)13-15-6-10-19(23)11-7-15/h6-12H,3-5,13-14H2,1-2H3,(H,24,28)/p+1/t22-/m0/s1. The molecule has 1 saturated heterocycles. The number of hydrogen-bond donors (Lipinski definition) is 2. The van der Waals surface area contributed by atoms with Crippen LogP contribution in [0.3, 0.4) is 0 Å². The summed E-state index contributed by atoms with van der Waals surface area (Å²) < 4.78 is 13.1. The van der Waals surface area contributed by atoms with Gasteiger partial charge in [-0.1, -0.05) is 30.3 Å². The molecule has 2 aliphatic rings. The number of nitrogens with zero attached hydrogens (tertiary/aromatic N) is 1. The number of quaternary nitrogens is 1. The van der Waals surface area contributed by atoms with Gasteiger partial charge >= 0.3 is 6.03 Å². The molecule has 1 heterocycles. The van der Waals surface area contributed by atoms with Crippen molar-refractivity contribution in [3.05, 3.63) is 70.5 Å². The van der Waals surface area contributed by atoms with Crippen molar-refractivity contribution in [3.8, 4) is 0 Å². The van der Waals surface area contributed by atoms with Gasteiger partial charge in [-0.05, 0) is 55.0 Å². The lowest BCUT2D eigenvalue weighted by atomic mass is 9.90. The average Bonchev–Trinajstić information content (AvgIpc) is 3.22. The van der Waals surface area contributed by atoms with E-state index >= 15 is 0 Å². The van der Waals surface area contributed by atoms with Crippen molar-refractivity contribution < 1.29 is 18.9 Å². The summed E-state index contributed by atoms with van der Waals surface area (Å²) in [6.45, 7) is 2.62. The number of aryl methyl sites for hydroxylation is 2. The minimum atomic E-state index is -1.04. The summed E-state index contributed by atoms with van der Waals surface area (Å²) in [6.07, 6.45) is 3.24. The van der Waals surface area contributed by atoms with Gasteiger partial charge in [-0.15, -0.1) is 0 Å². The highest BCUT2D eigenvalue weighted by Crippen LogP contribution is 2.32. The molecule has 0 radical (unpaired) electrons. The maximum Gasteiger partial charge on any atom is 0.329 e. The summed E-state index contributed by atoms with van der Waals surface area (Å²) in [6, 6.07) is 12.0. The molecule has 1 aliphatic heterocycles. The van der Waals surface area contributed by atoms with Crippen molar-refractivity contribution in [2.24, 2.45) is 0 Å². The normalized spacial score (nSPS) is 22.3. The van der Waals surface area contributed by atoms with Crippen LogP contribution in [-0.2, 0) is 29.7 Å². The summed E-state index contributed by atoms with van der Waals surface area (Å²) in [7, 11) is 1.91. The van der Waals surface area contributed by atoms with Crippen LogP contribution in [0.15, 0.2) is 42.5 Å². The predicted molar refractivity (Wildman–Crippen MR) is 103 cm³/mol. The van der Waals surface area contributed by atoms with E-state index in [1.807, 2.05) is 13.1 Å². The van der Waals surface area contributed by atoms with Gasteiger partial charge in [-0.3, -0.25) is 4.79 Å². The van der Waals surface area contributed by atoms with Gasteiger partial charge in [0.05, 0.1) is 7.05 Å². The number of hydrogen-bond acceptors (Lipinski definition) is 2. The van der Waals surface area contributed by atoms with Gasteiger partial charge in [0.25, 0.3) is 5.91 Å². The number of nitrogens with one attached hydrogen (secondary N) is 2. The van der Waals surface area contributed by atoms with Gasteiger partial charge in [0.15, 0.2) is 6.67 Å². The van der Waals surface area contributed by atoms with E-state index < -0.39 is 5.54 Å². The molecule has 5 nitrogen and oxygen atoms in total. The number of carbonyl (C=O) groups excluding carboxylic acids is 2. The van der Waals surface area contributed by atoms with Crippen molar-refractivity contribution in [3.63, 3.8) is 0 Å². The number of urea groups is 1. The zero-order valence-corrected chi connectivity index (χ0v) is 16.2. The number of carbonyl (C=O) groups is 2. The molecule has 1 unspecified atom stereocenters. The topological polar surface area (TPSA) is 53.9 Å². The molecule has 6 heteroatoms. The van der Waals surface area contributed by atoms with Crippen molar-refractivity contribution in [2.45, 2.75) is 38.3 Å². The molecule has 28 heavy (non-hydrogen) atoms. The van der Waals surface area contributed by atoms with Gasteiger partial charge in [0.1, 0.15) is 17.9 Å². The molecule has 3 amide bonds. The summed E-state index contributed by atoms with van der Waals surface area (Å²) in [5.41, 5.74) is 3.37. The van der Waals surface area contributed by atoms with Crippen LogP contribution in [0.5, 0.6) is 0 Å². The number of benzene rings is 2. The first-order valence-corrected chi connectivity index (χ1v) is 9.69. The third-order valence-corrected chi connectivity index (χ3v) is 5.80. The molecule has 0 spiro atoms. The second-order valence-corrected chi connectivity index (χ2v) is 8.04. The van der Waals surface area contributed by atoms with Gasteiger partial charge in [-0.25, -0.2) is 14.1 Å². The zero-order valence-electron chi connectivity index (χ0n) is 16.2.